The summed E-state index contributed by atoms with van der Waals surface area (Å²) in [7, 11) is 1.44. The third-order valence-electron chi connectivity index (χ3n) is 6.25. The van der Waals surface area contributed by atoms with Crippen LogP contribution in [0.25, 0.3) is 0 Å². The number of hydrogen-bond donors (Lipinski definition) is 3. The van der Waals surface area contributed by atoms with Gasteiger partial charge in [-0.2, -0.15) is 5.10 Å². The van der Waals surface area contributed by atoms with E-state index in [-0.39, 0.29) is 18.8 Å². The Balaban J connectivity index is 1.31. The third kappa shape index (κ3) is 8.49. The Morgan fingerprint density at radius 2 is 1.77 bits per heavy atom. The molecule has 0 radical (unpaired) electrons. The molecule has 1 aliphatic heterocycles. The fraction of sp³-hybridized carbons (Fsp3) is 0.226. The third-order valence-corrected chi connectivity index (χ3v) is 6.50. The van der Waals surface area contributed by atoms with Crippen molar-refractivity contribution in [2.45, 2.75) is 26.5 Å². The Morgan fingerprint density at radius 3 is 2.47 bits per heavy atom. The Morgan fingerprint density at radius 1 is 1.02 bits per heavy atom. The summed E-state index contributed by atoms with van der Waals surface area (Å²) < 4.78 is 22.0. The lowest BCUT2D eigenvalue weighted by Crippen LogP contribution is -2.45. The van der Waals surface area contributed by atoms with E-state index in [0.29, 0.717) is 40.1 Å². The van der Waals surface area contributed by atoms with Gasteiger partial charge in [0.1, 0.15) is 12.4 Å². The number of esters is 1. The summed E-state index contributed by atoms with van der Waals surface area (Å²) in [6, 6.07) is 18.3. The predicted molar refractivity (Wildman–Crippen MR) is 160 cm³/mol. The molecular weight excluding hydrogens is 576 g/mol. The van der Waals surface area contributed by atoms with Gasteiger partial charge < -0.3 is 29.6 Å². The van der Waals surface area contributed by atoms with Gasteiger partial charge in [0, 0.05) is 10.7 Å². The van der Waals surface area contributed by atoms with Crippen LogP contribution in [0.4, 0.5) is 4.79 Å². The molecule has 3 amide bonds. The molecule has 1 aliphatic rings. The number of nitrogens with zero attached hydrogens (tertiary/aromatic N) is 1. The van der Waals surface area contributed by atoms with Gasteiger partial charge in [-0.25, -0.2) is 15.0 Å². The normalized spacial score (nSPS) is 14.5. The van der Waals surface area contributed by atoms with E-state index in [9.17, 15) is 14.4 Å². The second kappa shape index (κ2) is 14.7. The van der Waals surface area contributed by atoms with E-state index in [1.54, 1.807) is 44.2 Å². The van der Waals surface area contributed by atoms with Gasteiger partial charge in [0.25, 0.3) is 5.91 Å². The standard InChI is InChI=1S/C31H31ClN4O7/c1-4-41-30(38)28-19(2)34-31(39)35-29(28)22-9-14-25(26(15-22)40-3)43-18-27(37)36-33-16-20-7-12-24(13-8-20)42-17-21-5-10-23(32)11-6-21/h5-16,29H,4,17-18H2,1-3H3,(H,36,37)(H2,34,35,39)/b33-16-/t29-/m1/s1. The van der Waals surface area contributed by atoms with Gasteiger partial charge in [-0.1, -0.05) is 29.8 Å². The maximum atomic E-state index is 12.6. The smallest absolute Gasteiger partial charge is 0.338 e. The number of urea groups is 1. The zero-order valence-electron chi connectivity index (χ0n) is 23.8. The number of amides is 3. The number of carbonyl (C=O) groups excluding carboxylic acids is 3. The zero-order chi connectivity index (χ0) is 30.8. The Hall–Kier alpha value is -5.03. The van der Waals surface area contributed by atoms with Gasteiger partial charge >= 0.3 is 12.0 Å². The number of hydrogen-bond acceptors (Lipinski definition) is 8. The number of carbonyl (C=O) groups is 3. The molecule has 1 heterocycles. The van der Waals surface area contributed by atoms with Crippen LogP contribution < -0.4 is 30.3 Å². The molecule has 1 atom stereocenters. The number of nitrogens with one attached hydrogen (secondary N) is 3. The van der Waals surface area contributed by atoms with E-state index >= 15 is 0 Å². The predicted octanol–water partition coefficient (Wildman–Crippen LogP) is 4.65. The first-order valence-corrected chi connectivity index (χ1v) is 13.7. The van der Waals surface area contributed by atoms with Crippen molar-refractivity contribution < 1.29 is 33.3 Å². The van der Waals surface area contributed by atoms with Crippen LogP contribution in [0.1, 0.15) is 36.6 Å². The summed E-state index contributed by atoms with van der Waals surface area (Å²) in [5.41, 5.74) is 5.41. The first-order valence-electron chi connectivity index (χ1n) is 13.3. The summed E-state index contributed by atoms with van der Waals surface area (Å²) in [5.74, 6) is 0.251. The van der Waals surface area contributed by atoms with Crippen LogP contribution in [0.2, 0.25) is 5.02 Å². The molecule has 0 spiro atoms. The summed E-state index contributed by atoms with van der Waals surface area (Å²) >= 11 is 5.91. The quantitative estimate of drug-likeness (QED) is 0.155. The van der Waals surface area contributed by atoms with Crippen LogP contribution in [-0.2, 0) is 20.9 Å². The second-order valence-electron chi connectivity index (χ2n) is 9.27. The molecule has 0 saturated heterocycles. The number of ether oxygens (including phenoxy) is 4. The fourth-order valence-corrected chi connectivity index (χ4v) is 4.28. The van der Waals surface area contributed by atoms with Gasteiger partial charge in [-0.15, -0.1) is 0 Å². The molecule has 12 heteroatoms. The van der Waals surface area contributed by atoms with Crippen molar-refractivity contribution in [3.8, 4) is 17.2 Å². The Labute approximate surface area is 253 Å². The highest BCUT2D eigenvalue weighted by Gasteiger charge is 2.32. The lowest BCUT2D eigenvalue weighted by atomic mass is 9.95. The van der Waals surface area contributed by atoms with E-state index in [2.05, 4.69) is 21.2 Å². The van der Waals surface area contributed by atoms with E-state index in [1.807, 2.05) is 36.4 Å². The highest BCUT2D eigenvalue weighted by molar-refractivity contribution is 6.30. The van der Waals surface area contributed by atoms with Crippen LogP contribution in [0.3, 0.4) is 0 Å². The molecule has 11 nitrogen and oxygen atoms in total. The number of hydrazone groups is 1. The highest BCUT2D eigenvalue weighted by atomic mass is 35.5. The van der Waals surface area contributed by atoms with E-state index in [0.717, 1.165) is 11.1 Å². The monoisotopic (exact) mass is 606 g/mol. The average Bonchev–Trinajstić information content (AvgIpc) is 3.00. The molecule has 0 bridgehead atoms. The summed E-state index contributed by atoms with van der Waals surface area (Å²) in [6.45, 7) is 3.59. The number of allylic oxidation sites excluding steroid dienone is 1. The molecular formula is C31H31ClN4O7. The van der Waals surface area contributed by atoms with Gasteiger partial charge in [0.05, 0.1) is 31.5 Å². The Kier molecular flexibility index (Phi) is 10.6. The molecule has 0 fully saturated rings. The summed E-state index contributed by atoms with van der Waals surface area (Å²) in [6.07, 6.45) is 1.50. The molecule has 43 heavy (non-hydrogen) atoms. The van der Waals surface area contributed by atoms with Crippen LogP contribution in [0, 0.1) is 0 Å². The van der Waals surface area contributed by atoms with Crippen molar-refractivity contribution in [3.63, 3.8) is 0 Å². The zero-order valence-corrected chi connectivity index (χ0v) is 24.6. The van der Waals surface area contributed by atoms with Crippen molar-refractivity contribution in [2.75, 3.05) is 20.3 Å². The minimum Gasteiger partial charge on any atom is -0.493 e. The molecule has 0 aromatic heterocycles. The molecule has 3 N–H and O–H groups in total. The van der Waals surface area contributed by atoms with Gasteiger partial charge in [-0.05, 0) is 79.1 Å². The topological polar surface area (TPSA) is 137 Å². The molecule has 224 valence electrons. The van der Waals surface area contributed by atoms with Crippen LogP contribution in [0.15, 0.2) is 83.1 Å². The number of benzene rings is 3. The number of rotatable bonds is 12. The number of halogens is 1. The van der Waals surface area contributed by atoms with Crippen molar-refractivity contribution in [3.05, 3.63) is 99.7 Å². The minimum absolute atomic E-state index is 0.186. The molecule has 4 rings (SSSR count). The maximum Gasteiger partial charge on any atom is 0.338 e. The van der Waals surface area contributed by atoms with Crippen molar-refractivity contribution >= 4 is 35.7 Å². The summed E-state index contributed by atoms with van der Waals surface area (Å²) in [4.78, 5) is 37.0. The largest absolute Gasteiger partial charge is 0.493 e. The molecule has 3 aromatic carbocycles. The minimum atomic E-state index is -0.766. The molecule has 0 aliphatic carbocycles. The maximum absolute atomic E-state index is 12.6. The van der Waals surface area contributed by atoms with Gasteiger partial charge in [0.2, 0.25) is 0 Å². The first kappa shape index (κ1) is 30.9. The molecule has 0 saturated carbocycles. The van der Waals surface area contributed by atoms with Crippen LogP contribution >= 0.6 is 11.6 Å². The lowest BCUT2D eigenvalue weighted by molar-refractivity contribution is -0.139. The van der Waals surface area contributed by atoms with E-state index in [4.69, 9.17) is 30.5 Å². The van der Waals surface area contributed by atoms with E-state index in [1.165, 1.54) is 13.3 Å². The van der Waals surface area contributed by atoms with E-state index < -0.39 is 23.9 Å². The van der Waals surface area contributed by atoms with Gasteiger partial charge in [0.15, 0.2) is 18.1 Å². The summed E-state index contributed by atoms with van der Waals surface area (Å²) in [5, 5.41) is 9.97. The van der Waals surface area contributed by atoms with Crippen molar-refractivity contribution in [1.82, 2.24) is 16.1 Å². The van der Waals surface area contributed by atoms with Crippen LogP contribution in [-0.4, -0.2) is 44.4 Å². The highest BCUT2D eigenvalue weighted by Crippen LogP contribution is 2.34. The average molecular weight is 607 g/mol. The molecule has 3 aromatic rings. The fourth-order valence-electron chi connectivity index (χ4n) is 4.16. The van der Waals surface area contributed by atoms with Crippen molar-refractivity contribution in [1.29, 1.82) is 0 Å². The van der Waals surface area contributed by atoms with Gasteiger partial charge in [-0.3, -0.25) is 4.79 Å². The lowest BCUT2D eigenvalue weighted by Gasteiger charge is -2.28. The Bertz CT molecular complexity index is 1520. The number of methoxy groups -OCH3 is 1. The van der Waals surface area contributed by atoms with Crippen LogP contribution in [0.5, 0.6) is 17.2 Å². The second-order valence-corrected chi connectivity index (χ2v) is 9.70. The first-order chi connectivity index (χ1) is 20.8. The van der Waals surface area contributed by atoms with Crippen molar-refractivity contribution in [2.24, 2.45) is 5.10 Å². The SMILES string of the molecule is CCOC(=O)C1=C(C)NC(=O)N[C@@H]1c1ccc(OCC(=O)N/N=C\c2ccc(OCc3ccc(Cl)cc3)cc2)c(OC)c1. The molecule has 0 unspecified atom stereocenters.